The van der Waals surface area contributed by atoms with E-state index >= 15 is 0 Å². The van der Waals surface area contributed by atoms with Crippen molar-refractivity contribution in [3.8, 4) is 11.8 Å². The van der Waals surface area contributed by atoms with E-state index in [1.807, 2.05) is 0 Å². The first-order chi connectivity index (χ1) is 18.7. The van der Waals surface area contributed by atoms with Gasteiger partial charge < -0.3 is 15.1 Å². The Balaban J connectivity index is 2.05. The molecule has 0 saturated carbocycles. The second-order valence-electron chi connectivity index (χ2n) is 8.79. The van der Waals surface area contributed by atoms with Crippen molar-refractivity contribution in [2.45, 2.75) is 23.6 Å². The predicted molar refractivity (Wildman–Crippen MR) is 150 cm³/mol. The number of aromatic nitrogens is 1. The number of carbonyl (C=O) groups excluding carboxylic acids is 1. The van der Waals surface area contributed by atoms with E-state index < -0.39 is 37.4 Å². The van der Waals surface area contributed by atoms with Gasteiger partial charge in [0, 0.05) is 32.0 Å². The summed E-state index contributed by atoms with van der Waals surface area (Å²) in [5.74, 6) is 4.27. The van der Waals surface area contributed by atoms with Gasteiger partial charge in [-0.15, -0.1) is 0 Å². The molecule has 1 amide bonds. The van der Waals surface area contributed by atoms with Gasteiger partial charge in [0.05, 0.1) is 22.7 Å². The van der Waals surface area contributed by atoms with Crippen LogP contribution < -0.4 is 15.6 Å². The third kappa shape index (κ3) is 7.14. The molecule has 0 bridgehead atoms. The molecule has 0 aliphatic heterocycles. The first-order valence-corrected chi connectivity index (χ1v) is 14.5. The van der Waals surface area contributed by atoms with Crippen molar-refractivity contribution in [3.05, 3.63) is 81.8 Å². The number of amides is 1. The number of oxime groups is 1. The van der Waals surface area contributed by atoms with Crippen LogP contribution in [-0.4, -0.2) is 56.6 Å². The van der Waals surface area contributed by atoms with E-state index in [9.17, 15) is 26.4 Å². The fourth-order valence-corrected chi connectivity index (χ4v) is 6.03. The molecule has 0 spiro atoms. The van der Waals surface area contributed by atoms with Crippen molar-refractivity contribution in [1.82, 2.24) is 8.87 Å². The largest absolute Gasteiger partial charge is 0.410 e. The number of nitrogens with zero attached hydrogens (tertiary/aromatic N) is 3. The van der Waals surface area contributed by atoms with Crippen LogP contribution in [0.2, 0.25) is 0 Å². The summed E-state index contributed by atoms with van der Waals surface area (Å²) in [6, 6.07) is 11.3. The fraction of sp³-hybridized carbons (Fsp3) is 0.192. The molecular formula is C26H27N5O7S2. The normalized spacial score (nSPS) is 11.7. The summed E-state index contributed by atoms with van der Waals surface area (Å²) in [6.45, 7) is 2.73. The molecule has 0 atom stereocenters. The summed E-state index contributed by atoms with van der Waals surface area (Å²) < 4.78 is 58.2. The summed E-state index contributed by atoms with van der Waals surface area (Å²) in [6.07, 6.45) is 2.30. The molecule has 210 valence electrons. The van der Waals surface area contributed by atoms with Crippen molar-refractivity contribution in [3.63, 3.8) is 0 Å². The molecule has 0 unspecified atom stereocenters. The summed E-state index contributed by atoms with van der Waals surface area (Å²) in [5, 5.41) is 13.9. The summed E-state index contributed by atoms with van der Waals surface area (Å²) in [4.78, 5) is 23.9. The number of sulfonamides is 2. The van der Waals surface area contributed by atoms with Crippen LogP contribution in [0.5, 0.6) is 0 Å². The monoisotopic (exact) mass is 585 g/mol. The van der Waals surface area contributed by atoms with Crippen molar-refractivity contribution in [2.24, 2.45) is 12.2 Å². The zero-order valence-electron chi connectivity index (χ0n) is 22.0. The molecule has 3 N–H and O–H groups in total. The lowest BCUT2D eigenvalue weighted by Gasteiger charge is -2.21. The number of hydrogen-bond donors (Lipinski definition) is 3. The van der Waals surface area contributed by atoms with Crippen molar-refractivity contribution in [1.29, 1.82) is 0 Å². The van der Waals surface area contributed by atoms with Gasteiger partial charge >= 0.3 is 0 Å². The van der Waals surface area contributed by atoms with Gasteiger partial charge in [0.1, 0.15) is 11.1 Å². The summed E-state index contributed by atoms with van der Waals surface area (Å²) in [7, 11) is -6.06. The van der Waals surface area contributed by atoms with E-state index in [0.717, 1.165) is 23.1 Å². The molecule has 12 nitrogen and oxygen atoms in total. The van der Waals surface area contributed by atoms with E-state index in [-0.39, 0.29) is 27.4 Å². The number of pyridine rings is 1. The summed E-state index contributed by atoms with van der Waals surface area (Å²) in [5.41, 5.74) is 0.715. The second kappa shape index (κ2) is 12.2. The molecule has 3 aromatic rings. The highest BCUT2D eigenvalue weighted by atomic mass is 32.2. The predicted octanol–water partition coefficient (Wildman–Crippen LogP) is 1.87. The second-order valence-corrected chi connectivity index (χ2v) is 12.5. The molecule has 40 heavy (non-hydrogen) atoms. The fourth-order valence-electron chi connectivity index (χ4n) is 3.49. The highest BCUT2D eigenvalue weighted by Crippen LogP contribution is 2.31. The van der Waals surface area contributed by atoms with Crippen molar-refractivity contribution < 1.29 is 26.8 Å². The average Bonchev–Trinajstić information content (AvgIpc) is 2.87. The minimum atomic E-state index is -4.48. The molecular weight excluding hydrogens is 558 g/mol. The molecule has 0 aliphatic rings. The van der Waals surface area contributed by atoms with Crippen LogP contribution in [0.15, 0.2) is 74.5 Å². The highest BCUT2D eigenvalue weighted by Gasteiger charge is 2.30. The zero-order chi connectivity index (χ0) is 29.7. The number of anilines is 2. The van der Waals surface area contributed by atoms with Crippen LogP contribution in [0, 0.1) is 25.7 Å². The van der Waals surface area contributed by atoms with Gasteiger partial charge in [-0.25, -0.2) is 16.8 Å². The Bertz CT molecular complexity index is 1800. The summed E-state index contributed by atoms with van der Waals surface area (Å²) >= 11 is 0. The van der Waals surface area contributed by atoms with Gasteiger partial charge in [-0.3, -0.25) is 14.3 Å². The smallest absolute Gasteiger partial charge is 0.261 e. The third-order valence-corrected chi connectivity index (χ3v) is 8.78. The number of carbonyl (C=O) groups is 1. The molecule has 3 rings (SSSR count). The van der Waals surface area contributed by atoms with Crippen LogP contribution in [-0.2, 0) is 31.9 Å². The molecule has 1 heterocycles. The van der Waals surface area contributed by atoms with Gasteiger partial charge in [-0.05, 0) is 55.7 Å². The Labute approximate surface area is 232 Å². The Hall–Kier alpha value is -4.45. The van der Waals surface area contributed by atoms with Crippen molar-refractivity contribution in [2.75, 3.05) is 23.6 Å². The zero-order valence-corrected chi connectivity index (χ0v) is 23.7. The van der Waals surface area contributed by atoms with E-state index in [1.54, 1.807) is 26.0 Å². The molecule has 0 aliphatic carbocycles. The maximum absolute atomic E-state index is 13.7. The molecule has 0 saturated heterocycles. The quantitative estimate of drug-likeness (QED) is 0.157. The van der Waals surface area contributed by atoms with Gasteiger partial charge in [-0.1, -0.05) is 28.8 Å². The lowest BCUT2D eigenvalue weighted by molar-refractivity contribution is -0.116. The minimum absolute atomic E-state index is 0.00727. The first-order valence-electron chi connectivity index (χ1n) is 11.6. The molecule has 0 radical (unpaired) electrons. The third-order valence-electron chi connectivity index (χ3n) is 5.59. The van der Waals surface area contributed by atoms with E-state index in [0.29, 0.717) is 5.56 Å². The minimum Gasteiger partial charge on any atom is -0.410 e. The van der Waals surface area contributed by atoms with Gasteiger partial charge in [0.25, 0.3) is 15.6 Å². The molecule has 2 aromatic carbocycles. The number of aryl methyl sites for hydroxylation is 3. The maximum Gasteiger partial charge on any atom is 0.261 e. The molecule has 0 fully saturated rings. The van der Waals surface area contributed by atoms with Gasteiger partial charge in [0.2, 0.25) is 15.9 Å². The Morgan fingerprint density at radius 1 is 1.07 bits per heavy atom. The van der Waals surface area contributed by atoms with Gasteiger partial charge in [0.15, 0.2) is 0 Å². The molecule has 14 heteroatoms. The Kier molecular flexibility index (Phi) is 9.15. The van der Waals surface area contributed by atoms with E-state index in [4.69, 9.17) is 5.21 Å². The maximum atomic E-state index is 13.7. The first kappa shape index (κ1) is 30.1. The number of rotatable bonds is 8. The lowest BCUT2D eigenvalue weighted by atomic mass is 10.1. The van der Waals surface area contributed by atoms with Crippen LogP contribution in [0.3, 0.4) is 0 Å². The van der Waals surface area contributed by atoms with Crippen LogP contribution in [0.1, 0.15) is 16.7 Å². The standard InChI is InChI=1S/C26H27N5O7S2/c1-18-7-9-22(10-8-18)39(35,36)29-26-20(6-5-12-27-34)14-19(2)15-23(26)40(37,38)31(4)17-24(32)28-21-11-13-30(3)25(33)16-21/h7-16,29,34H,17H2,1-4H3,(H,28,32)/b27-12+. The number of benzene rings is 2. The van der Waals surface area contributed by atoms with E-state index in [1.165, 1.54) is 54.2 Å². The van der Waals surface area contributed by atoms with Crippen molar-refractivity contribution >= 4 is 43.5 Å². The lowest BCUT2D eigenvalue weighted by Crippen LogP contribution is -2.35. The SMILES string of the molecule is Cc1ccc(S(=O)(=O)Nc2c(C#C/C=N/O)cc(C)cc2S(=O)(=O)N(C)CC(=O)Nc2ccn(C)c(=O)c2)cc1. The number of likely N-dealkylation sites (N-methyl/N-ethyl adjacent to an activating group) is 1. The number of hydrogen-bond acceptors (Lipinski definition) is 8. The Morgan fingerprint density at radius 3 is 2.38 bits per heavy atom. The van der Waals surface area contributed by atoms with Gasteiger partial charge in [-0.2, -0.15) is 4.31 Å². The highest BCUT2D eigenvalue weighted by molar-refractivity contribution is 7.93. The van der Waals surface area contributed by atoms with Crippen LogP contribution in [0.25, 0.3) is 0 Å². The number of nitrogens with one attached hydrogen (secondary N) is 2. The topological polar surface area (TPSA) is 167 Å². The van der Waals surface area contributed by atoms with E-state index in [2.05, 4.69) is 27.0 Å². The molecule has 1 aromatic heterocycles. The average molecular weight is 586 g/mol. The van der Waals surface area contributed by atoms with Crippen LogP contribution >= 0.6 is 0 Å². The Morgan fingerprint density at radius 2 is 1.75 bits per heavy atom. The van der Waals surface area contributed by atoms with Crippen LogP contribution in [0.4, 0.5) is 11.4 Å².